The first-order valence-electron chi connectivity index (χ1n) is 10.8. The molecule has 2 saturated heterocycles. The minimum atomic E-state index is -0.276. The molecule has 0 spiro atoms. The quantitative estimate of drug-likeness (QED) is 0.351. The highest BCUT2D eigenvalue weighted by Crippen LogP contribution is 2.33. The summed E-state index contributed by atoms with van der Waals surface area (Å²) >= 11 is 0. The predicted octanol–water partition coefficient (Wildman–Crippen LogP) is 5.21. The van der Waals surface area contributed by atoms with Gasteiger partial charge in [-0.3, -0.25) is 9.69 Å². The Morgan fingerprint density at radius 3 is 2.27 bits per heavy atom. The summed E-state index contributed by atoms with van der Waals surface area (Å²) in [5, 5.41) is 0. The number of piperidine rings is 1. The summed E-state index contributed by atoms with van der Waals surface area (Å²) in [6.07, 6.45) is 15.6. The molecular weight excluding hydrogens is 330 g/mol. The number of hydrogen-bond acceptors (Lipinski definition) is 4. The highest BCUT2D eigenvalue weighted by molar-refractivity contribution is 5.71. The molecular formula is C21H37NO4. The van der Waals surface area contributed by atoms with Crippen LogP contribution in [-0.2, 0) is 14.3 Å². The lowest BCUT2D eigenvalue weighted by molar-refractivity contribution is -0.151. The van der Waals surface area contributed by atoms with Crippen molar-refractivity contribution >= 4 is 12.1 Å². The van der Waals surface area contributed by atoms with Crippen molar-refractivity contribution in [1.29, 1.82) is 0 Å². The van der Waals surface area contributed by atoms with E-state index in [1.54, 1.807) is 0 Å². The van der Waals surface area contributed by atoms with Gasteiger partial charge in [0.25, 0.3) is 0 Å². The van der Waals surface area contributed by atoms with Crippen LogP contribution >= 0.6 is 0 Å². The number of unbranched alkanes of at least 4 members (excludes halogenated alkanes) is 9. The molecule has 5 heteroatoms. The number of esters is 1. The zero-order valence-electron chi connectivity index (χ0n) is 16.7. The number of carbonyl (C=O) groups is 2. The Kier molecular flexibility index (Phi) is 9.27. The van der Waals surface area contributed by atoms with Gasteiger partial charge in [0.2, 0.25) is 0 Å². The van der Waals surface area contributed by atoms with Crippen LogP contribution in [0.15, 0.2) is 0 Å². The van der Waals surface area contributed by atoms with E-state index in [-0.39, 0.29) is 30.3 Å². The first-order chi connectivity index (χ1) is 12.6. The number of ether oxygens (including phenoxy) is 2. The predicted molar refractivity (Wildman–Crippen MR) is 102 cm³/mol. The number of amides is 1. The molecule has 2 aliphatic heterocycles. The van der Waals surface area contributed by atoms with E-state index in [1.165, 1.54) is 64.7 Å². The van der Waals surface area contributed by atoms with E-state index in [2.05, 4.69) is 6.92 Å². The van der Waals surface area contributed by atoms with Crippen molar-refractivity contribution in [2.45, 2.75) is 116 Å². The molecule has 2 aliphatic rings. The molecule has 2 heterocycles. The summed E-state index contributed by atoms with van der Waals surface area (Å²) in [4.78, 5) is 25.2. The molecule has 0 aromatic heterocycles. The lowest BCUT2D eigenvalue weighted by Gasteiger charge is -2.39. The van der Waals surface area contributed by atoms with Crippen LogP contribution < -0.4 is 0 Å². The third-order valence-corrected chi connectivity index (χ3v) is 5.76. The third-order valence-electron chi connectivity index (χ3n) is 5.76. The Bertz CT molecular complexity index is 440. The average molecular weight is 368 g/mol. The summed E-state index contributed by atoms with van der Waals surface area (Å²) < 4.78 is 10.6. The molecule has 0 aliphatic carbocycles. The Balaban J connectivity index is 1.61. The molecule has 1 amide bonds. The second-order valence-corrected chi connectivity index (χ2v) is 7.90. The minimum absolute atomic E-state index is 0.0896. The van der Waals surface area contributed by atoms with Crippen molar-refractivity contribution in [3.8, 4) is 0 Å². The molecule has 3 atom stereocenters. The smallest absolute Gasteiger partial charge is 0.410 e. The lowest BCUT2D eigenvalue weighted by atomic mass is 9.91. The number of cyclic esters (lactones) is 1. The van der Waals surface area contributed by atoms with Gasteiger partial charge in [0.1, 0.15) is 18.8 Å². The fourth-order valence-electron chi connectivity index (χ4n) is 4.34. The molecule has 26 heavy (non-hydrogen) atoms. The summed E-state index contributed by atoms with van der Waals surface area (Å²) in [6.45, 7) is 4.04. The van der Waals surface area contributed by atoms with Gasteiger partial charge >= 0.3 is 12.1 Å². The number of hydrogen-bond donors (Lipinski definition) is 0. The molecule has 0 bridgehead atoms. The van der Waals surface area contributed by atoms with Crippen LogP contribution in [0.2, 0.25) is 0 Å². The number of rotatable bonds is 12. The van der Waals surface area contributed by atoms with Gasteiger partial charge in [0.05, 0.1) is 0 Å². The van der Waals surface area contributed by atoms with E-state index in [9.17, 15) is 9.59 Å². The molecule has 0 saturated carbocycles. The van der Waals surface area contributed by atoms with E-state index in [4.69, 9.17) is 9.47 Å². The molecule has 0 aromatic rings. The van der Waals surface area contributed by atoms with E-state index in [0.717, 1.165) is 25.7 Å². The maximum absolute atomic E-state index is 12.1. The Labute approximate surface area is 158 Å². The van der Waals surface area contributed by atoms with Crippen LogP contribution in [0, 0.1) is 0 Å². The second-order valence-electron chi connectivity index (χ2n) is 7.90. The first-order valence-corrected chi connectivity index (χ1v) is 10.8. The maximum atomic E-state index is 12.1. The van der Waals surface area contributed by atoms with Crippen molar-refractivity contribution in [1.82, 2.24) is 4.90 Å². The van der Waals surface area contributed by atoms with Crippen LogP contribution in [0.3, 0.4) is 0 Å². The second kappa shape index (κ2) is 11.5. The van der Waals surface area contributed by atoms with Crippen LogP contribution in [0.5, 0.6) is 0 Å². The summed E-state index contributed by atoms with van der Waals surface area (Å²) in [7, 11) is 0. The van der Waals surface area contributed by atoms with Gasteiger partial charge in [0, 0.05) is 13.0 Å². The fraction of sp³-hybridized carbons (Fsp3) is 0.905. The van der Waals surface area contributed by atoms with Crippen LogP contribution in [-0.4, -0.2) is 41.8 Å². The van der Waals surface area contributed by atoms with E-state index in [0.29, 0.717) is 6.61 Å². The first kappa shape index (κ1) is 21.0. The van der Waals surface area contributed by atoms with Gasteiger partial charge in [-0.25, -0.2) is 4.79 Å². The zero-order chi connectivity index (χ0) is 18.8. The van der Waals surface area contributed by atoms with E-state index < -0.39 is 0 Å². The van der Waals surface area contributed by atoms with Crippen molar-refractivity contribution in [3.05, 3.63) is 0 Å². The van der Waals surface area contributed by atoms with Crippen molar-refractivity contribution in [3.63, 3.8) is 0 Å². The van der Waals surface area contributed by atoms with Gasteiger partial charge < -0.3 is 9.47 Å². The van der Waals surface area contributed by atoms with Gasteiger partial charge in [-0.1, -0.05) is 71.1 Å². The van der Waals surface area contributed by atoms with Crippen LogP contribution in [0.25, 0.3) is 0 Å². The summed E-state index contributed by atoms with van der Waals surface area (Å²) in [6, 6.07) is 0.157. The minimum Gasteiger partial charge on any atom is -0.460 e. The van der Waals surface area contributed by atoms with E-state index in [1.807, 2.05) is 4.90 Å². The van der Waals surface area contributed by atoms with Gasteiger partial charge in [-0.05, 0) is 19.3 Å². The van der Waals surface area contributed by atoms with Crippen molar-refractivity contribution in [2.24, 2.45) is 0 Å². The fourth-order valence-corrected chi connectivity index (χ4v) is 4.34. The highest BCUT2D eigenvalue weighted by atomic mass is 16.6. The average Bonchev–Trinajstić information content (AvgIpc) is 3.00. The number of carbonyl (C=O) groups excluding carboxylic acids is 2. The maximum Gasteiger partial charge on any atom is 0.410 e. The Morgan fingerprint density at radius 2 is 1.65 bits per heavy atom. The monoisotopic (exact) mass is 367 g/mol. The topological polar surface area (TPSA) is 55.8 Å². The molecule has 0 radical (unpaired) electrons. The molecule has 0 aromatic carbocycles. The SMILES string of the molecule is CCCCCCCCCCCC[C@@H]1CC[C@H](OC(C)=O)[C@H]2COC(=O)N12. The van der Waals surface area contributed by atoms with Crippen molar-refractivity contribution in [2.75, 3.05) is 6.61 Å². The highest BCUT2D eigenvalue weighted by Gasteiger charge is 2.46. The molecule has 0 N–H and O–H groups in total. The molecule has 0 unspecified atom stereocenters. The largest absolute Gasteiger partial charge is 0.460 e. The van der Waals surface area contributed by atoms with Crippen molar-refractivity contribution < 1.29 is 19.1 Å². The van der Waals surface area contributed by atoms with E-state index >= 15 is 0 Å². The Morgan fingerprint density at radius 1 is 1.04 bits per heavy atom. The van der Waals surface area contributed by atoms with Gasteiger partial charge in [0.15, 0.2) is 0 Å². The normalized spacial score (nSPS) is 25.1. The number of nitrogens with zero attached hydrogens (tertiary/aromatic N) is 1. The van der Waals surface area contributed by atoms with Gasteiger partial charge in [-0.2, -0.15) is 0 Å². The molecule has 5 nitrogen and oxygen atoms in total. The summed E-state index contributed by atoms with van der Waals surface area (Å²) in [5.74, 6) is -0.276. The summed E-state index contributed by atoms with van der Waals surface area (Å²) in [5.41, 5.74) is 0. The molecule has 2 fully saturated rings. The molecule has 150 valence electrons. The van der Waals surface area contributed by atoms with Crippen LogP contribution in [0.4, 0.5) is 4.79 Å². The standard InChI is InChI=1S/C21H37NO4/c1-3-4-5-6-7-8-9-10-11-12-13-18-14-15-20(26-17(2)23)19-16-25-21(24)22(18)19/h18-20H,3-16H2,1-2H3/t18-,19-,20+/m1/s1. The number of fused-ring (bicyclic) bond motifs is 1. The van der Waals surface area contributed by atoms with Crippen LogP contribution in [0.1, 0.15) is 97.3 Å². The third kappa shape index (κ3) is 6.48. The zero-order valence-corrected chi connectivity index (χ0v) is 16.7. The lowest BCUT2D eigenvalue weighted by Crippen LogP contribution is -2.53. The Hall–Kier alpha value is -1.26. The van der Waals surface area contributed by atoms with Gasteiger partial charge in [-0.15, -0.1) is 0 Å². The molecule has 2 rings (SSSR count).